The topological polar surface area (TPSA) is 98.7 Å². The summed E-state index contributed by atoms with van der Waals surface area (Å²) in [6.45, 7) is 5.40. The molecule has 0 unspecified atom stereocenters. The number of nitrogens with zero attached hydrogens (tertiary/aromatic N) is 3. The first kappa shape index (κ1) is 20.3. The molecule has 0 aliphatic rings. The number of nitrogens with one attached hydrogen (secondary N) is 1. The third-order valence-corrected chi connectivity index (χ3v) is 4.94. The van der Waals surface area contributed by atoms with Crippen LogP contribution in [-0.2, 0) is 0 Å². The lowest BCUT2D eigenvalue weighted by molar-refractivity contribution is 0.0949. The maximum absolute atomic E-state index is 12.9. The van der Waals surface area contributed by atoms with Gasteiger partial charge in [-0.1, -0.05) is 30.3 Å². The maximum Gasteiger partial charge on any atom is 0.292 e. The standard InChI is InChI=1S/C23H22N4O4/c1-13(2)27-23(29)17-10-6-5-9-16(17)20(26-27)22(28)25-24-14(3)19-12-15-8-7-11-18(30-4)21(15)31-19/h5-13H,1-4H3,(H,25,28)/b24-14-. The number of aromatic nitrogens is 2. The van der Waals surface area contributed by atoms with E-state index in [9.17, 15) is 9.59 Å². The molecule has 0 saturated carbocycles. The van der Waals surface area contributed by atoms with Crippen molar-refractivity contribution >= 4 is 33.4 Å². The van der Waals surface area contributed by atoms with Crippen LogP contribution < -0.4 is 15.7 Å². The Balaban J connectivity index is 1.69. The summed E-state index contributed by atoms with van der Waals surface area (Å²) < 4.78 is 12.5. The summed E-state index contributed by atoms with van der Waals surface area (Å²) in [6, 6.07) is 14.1. The van der Waals surface area contributed by atoms with Gasteiger partial charge in [-0.15, -0.1) is 0 Å². The molecule has 4 rings (SSSR count). The zero-order chi connectivity index (χ0) is 22.1. The highest BCUT2D eigenvalue weighted by molar-refractivity contribution is 6.06. The molecule has 0 aliphatic carbocycles. The number of benzene rings is 2. The first-order chi connectivity index (χ1) is 14.9. The van der Waals surface area contributed by atoms with Gasteiger partial charge in [0, 0.05) is 10.8 Å². The monoisotopic (exact) mass is 418 g/mol. The van der Waals surface area contributed by atoms with E-state index in [2.05, 4.69) is 15.6 Å². The van der Waals surface area contributed by atoms with E-state index in [1.165, 1.54) is 4.68 Å². The van der Waals surface area contributed by atoms with Gasteiger partial charge in [0.25, 0.3) is 11.5 Å². The number of para-hydroxylation sites is 1. The maximum atomic E-state index is 12.9. The summed E-state index contributed by atoms with van der Waals surface area (Å²) in [5, 5.41) is 10.2. The highest BCUT2D eigenvalue weighted by Gasteiger charge is 2.18. The Hall–Kier alpha value is -3.94. The van der Waals surface area contributed by atoms with Crippen LogP contribution in [-0.4, -0.2) is 28.5 Å². The van der Waals surface area contributed by atoms with Crippen LogP contribution in [0.1, 0.15) is 43.1 Å². The molecule has 8 heteroatoms. The molecule has 0 saturated heterocycles. The number of rotatable bonds is 5. The summed E-state index contributed by atoms with van der Waals surface area (Å²) in [7, 11) is 1.58. The van der Waals surface area contributed by atoms with Crippen molar-refractivity contribution < 1.29 is 13.9 Å². The predicted molar refractivity (Wildman–Crippen MR) is 119 cm³/mol. The lowest BCUT2D eigenvalue weighted by Gasteiger charge is -2.12. The van der Waals surface area contributed by atoms with Crippen LogP contribution in [0.4, 0.5) is 0 Å². The van der Waals surface area contributed by atoms with Gasteiger partial charge >= 0.3 is 0 Å². The number of carbonyl (C=O) groups excluding carboxylic acids is 1. The molecule has 0 fully saturated rings. The molecule has 0 aliphatic heterocycles. The van der Waals surface area contributed by atoms with E-state index in [1.807, 2.05) is 38.1 Å². The lowest BCUT2D eigenvalue weighted by Crippen LogP contribution is -2.30. The lowest BCUT2D eigenvalue weighted by atomic mass is 10.1. The smallest absolute Gasteiger partial charge is 0.292 e. The number of hydrazone groups is 1. The summed E-state index contributed by atoms with van der Waals surface area (Å²) in [4.78, 5) is 25.6. The number of fused-ring (bicyclic) bond motifs is 2. The zero-order valence-electron chi connectivity index (χ0n) is 17.7. The number of methoxy groups -OCH3 is 1. The van der Waals surface area contributed by atoms with E-state index in [0.29, 0.717) is 33.6 Å². The highest BCUT2D eigenvalue weighted by atomic mass is 16.5. The van der Waals surface area contributed by atoms with Crippen LogP contribution in [0.15, 0.2) is 62.8 Å². The van der Waals surface area contributed by atoms with Gasteiger partial charge in [0.2, 0.25) is 0 Å². The average molecular weight is 418 g/mol. The Morgan fingerprint density at radius 2 is 1.90 bits per heavy atom. The second-order valence-corrected chi connectivity index (χ2v) is 7.37. The van der Waals surface area contributed by atoms with Gasteiger partial charge in [0.05, 0.1) is 18.5 Å². The average Bonchev–Trinajstić information content (AvgIpc) is 3.22. The number of hydrogen-bond donors (Lipinski definition) is 1. The minimum absolute atomic E-state index is 0.131. The van der Waals surface area contributed by atoms with E-state index in [4.69, 9.17) is 9.15 Å². The molecule has 1 amide bonds. The molecule has 158 valence electrons. The normalized spacial score (nSPS) is 12.0. The Labute approximate surface area is 178 Å². The molecule has 2 aromatic carbocycles. The van der Waals surface area contributed by atoms with Crippen LogP contribution in [0.3, 0.4) is 0 Å². The Kier molecular flexibility index (Phi) is 5.29. The van der Waals surface area contributed by atoms with E-state index < -0.39 is 5.91 Å². The van der Waals surface area contributed by atoms with E-state index in [0.717, 1.165) is 5.39 Å². The number of furan rings is 1. The number of amides is 1. The fourth-order valence-electron chi connectivity index (χ4n) is 3.34. The molecular weight excluding hydrogens is 396 g/mol. The van der Waals surface area contributed by atoms with Crippen molar-refractivity contribution in [2.24, 2.45) is 5.10 Å². The van der Waals surface area contributed by atoms with Crippen molar-refractivity contribution in [2.45, 2.75) is 26.8 Å². The third-order valence-electron chi connectivity index (χ3n) is 4.94. The van der Waals surface area contributed by atoms with Gasteiger partial charge in [-0.3, -0.25) is 9.59 Å². The van der Waals surface area contributed by atoms with E-state index in [-0.39, 0.29) is 17.3 Å². The minimum atomic E-state index is -0.515. The predicted octanol–water partition coefficient (Wildman–Crippen LogP) is 3.89. The van der Waals surface area contributed by atoms with E-state index in [1.54, 1.807) is 38.3 Å². The molecule has 8 nitrogen and oxygen atoms in total. The van der Waals surface area contributed by atoms with Crippen molar-refractivity contribution in [2.75, 3.05) is 7.11 Å². The Bertz CT molecular complexity index is 1380. The fraction of sp³-hybridized carbons (Fsp3) is 0.217. The fourth-order valence-corrected chi connectivity index (χ4v) is 3.34. The summed E-state index contributed by atoms with van der Waals surface area (Å²) in [5.74, 6) is 0.607. The molecule has 0 spiro atoms. The van der Waals surface area contributed by atoms with E-state index >= 15 is 0 Å². The number of hydrogen-bond acceptors (Lipinski definition) is 6. The second-order valence-electron chi connectivity index (χ2n) is 7.37. The molecule has 0 bridgehead atoms. The molecule has 2 heterocycles. The molecule has 1 N–H and O–H groups in total. The molecule has 4 aromatic rings. The van der Waals surface area contributed by atoms with Crippen LogP contribution in [0.5, 0.6) is 5.75 Å². The first-order valence-electron chi connectivity index (χ1n) is 9.83. The summed E-state index contributed by atoms with van der Waals surface area (Å²) >= 11 is 0. The Morgan fingerprint density at radius 3 is 2.61 bits per heavy atom. The van der Waals surface area contributed by atoms with Crippen LogP contribution >= 0.6 is 0 Å². The Morgan fingerprint density at radius 1 is 1.16 bits per heavy atom. The molecule has 0 atom stereocenters. The molecular formula is C23H22N4O4. The number of ether oxygens (including phenoxy) is 1. The van der Waals surface area contributed by atoms with Crippen molar-refractivity contribution in [3.63, 3.8) is 0 Å². The SMILES string of the molecule is COc1cccc2cc(/C(C)=N\NC(=O)c3nn(C(C)C)c(=O)c4ccccc34)oc12. The van der Waals surface area contributed by atoms with Crippen LogP contribution in [0.25, 0.3) is 21.7 Å². The highest BCUT2D eigenvalue weighted by Crippen LogP contribution is 2.28. The molecule has 2 aromatic heterocycles. The van der Waals surface area contributed by atoms with Gasteiger partial charge in [-0.2, -0.15) is 10.2 Å². The van der Waals surface area contributed by atoms with Crippen LogP contribution in [0.2, 0.25) is 0 Å². The quantitative estimate of drug-likeness (QED) is 0.392. The van der Waals surface area contributed by atoms with Gasteiger partial charge in [-0.25, -0.2) is 10.1 Å². The first-order valence-corrected chi connectivity index (χ1v) is 9.83. The summed E-state index contributed by atoms with van der Waals surface area (Å²) in [5.41, 5.74) is 3.51. The van der Waals surface area contributed by atoms with Gasteiger partial charge in [-0.05, 0) is 39.0 Å². The minimum Gasteiger partial charge on any atom is -0.493 e. The van der Waals surface area contributed by atoms with Gasteiger partial charge in [0.15, 0.2) is 22.8 Å². The van der Waals surface area contributed by atoms with Crippen molar-refractivity contribution in [1.82, 2.24) is 15.2 Å². The number of carbonyl (C=O) groups is 1. The third kappa shape index (κ3) is 3.68. The van der Waals surface area contributed by atoms with Crippen molar-refractivity contribution in [3.05, 3.63) is 70.3 Å². The van der Waals surface area contributed by atoms with Gasteiger partial charge < -0.3 is 9.15 Å². The van der Waals surface area contributed by atoms with Crippen LogP contribution in [0, 0.1) is 0 Å². The second kappa shape index (κ2) is 8.06. The van der Waals surface area contributed by atoms with Crippen molar-refractivity contribution in [3.8, 4) is 5.75 Å². The zero-order valence-corrected chi connectivity index (χ0v) is 17.7. The molecule has 31 heavy (non-hydrogen) atoms. The largest absolute Gasteiger partial charge is 0.493 e. The summed E-state index contributed by atoms with van der Waals surface area (Å²) in [6.07, 6.45) is 0. The van der Waals surface area contributed by atoms with Gasteiger partial charge in [0.1, 0.15) is 5.71 Å². The molecule has 0 radical (unpaired) electrons. The van der Waals surface area contributed by atoms with Crippen molar-refractivity contribution in [1.29, 1.82) is 0 Å².